The highest BCUT2D eigenvalue weighted by Crippen LogP contribution is 2.18. The van der Waals surface area contributed by atoms with Crippen LogP contribution in [0, 0.1) is 0 Å². The minimum atomic E-state index is -0.0808. The summed E-state index contributed by atoms with van der Waals surface area (Å²) < 4.78 is 5.80. The summed E-state index contributed by atoms with van der Waals surface area (Å²) in [5.74, 6) is 0.520. The normalized spacial score (nSPS) is 14.3. The predicted octanol–water partition coefficient (Wildman–Crippen LogP) is 4.49. The monoisotopic (exact) mass is 277 g/mol. The zero-order valence-corrected chi connectivity index (χ0v) is 14.2. The molecule has 1 aromatic rings. The highest BCUT2D eigenvalue weighted by Gasteiger charge is 2.13. The van der Waals surface area contributed by atoms with Crippen LogP contribution in [0.5, 0.6) is 0 Å². The lowest BCUT2D eigenvalue weighted by atomic mass is 9.98. The van der Waals surface area contributed by atoms with E-state index < -0.39 is 0 Å². The van der Waals surface area contributed by atoms with Gasteiger partial charge in [-0.25, -0.2) is 0 Å². The highest BCUT2D eigenvalue weighted by atomic mass is 16.5. The Hall–Kier alpha value is -0.860. The van der Waals surface area contributed by atoms with Gasteiger partial charge < -0.3 is 10.1 Å². The molecule has 20 heavy (non-hydrogen) atoms. The second-order valence-corrected chi connectivity index (χ2v) is 7.67. The largest absolute Gasteiger partial charge is 0.371 e. The van der Waals surface area contributed by atoms with Gasteiger partial charge in [-0.3, -0.25) is 0 Å². The fourth-order valence-corrected chi connectivity index (χ4v) is 1.82. The van der Waals surface area contributed by atoms with E-state index in [9.17, 15) is 0 Å². The fourth-order valence-electron chi connectivity index (χ4n) is 1.82. The van der Waals surface area contributed by atoms with E-state index in [-0.39, 0.29) is 11.1 Å². The average Bonchev–Trinajstić information content (AvgIpc) is 2.32. The van der Waals surface area contributed by atoms with Crippen molar-refractivity contribution in [3.05, 3.63) is 35.4 Å². The molecule has 1 rings (SSSR count). The van der Waals surface area contributed by atoms with E-state index in [1.807, 2.05) is 0 Å². The van der Waals surface area contributed by atoms with E-state index in [0.717, 1.165) is 6.54 Å². The molecule has 1 unspecified atom stereocenters. The van der Waals surface area contributed by atoms with Crippen LogP contribution in [0.25, 0.3) is 0 Å². The van der Waals surface area contributed by atoms with E-state index in [1.165, 1.54) is 11.1 Å². The Morgan fingerprint density at radius 2 is 1.55 bits per heavy atom. The molecule has 2 heteroatoms. The van der Waals surface area contributed by atoms with Crippen LogP contribution in [0.15, 0.2) is 24.3 Å². The number of hydrogen-bond acceptors (Lipinski definition) is 2. The summed E-state index contributed by atoms with van der Waals surface area (Å²) in [5, 5.41) is 3.56. The van der Waals surface area contributed by atoms with E-state index in [4.69, 9.17) is 4.74 Å². The van der Waals surface area contributed by atoms with E-state index >= 15 is 0 Å². The van der Waals surface area contributed by atoms with Gasteiger partial charge in [-0.05, 0) is 58.6 Å². The topological polar surface area (TPSA) is 21.3 Å². The molecule has 0 aliphatic heterocycles. The first-order chi connectivity index (χ1) is 9.07. The third-order valence-electron chi connectivity index (χ3n) is 3.16. The summed E-state index contributed by atoms with van der Waals surface area (Å²) in [6.07, 6.45) is 0. The highest BCUT2D eigenvalue weighted by molar-refractivity contribution is 5.25. The average molecular weight is 277 g/mol. The molecule has 0 spiro atoms. The fraction of sp³-hybridized carbons (Fsp3) is 0.667. The number of ether oxygens (including phenoxy) is 1. The molecular weight excluding hydrogens is 246 g/mol. The smallest absolute Gasteiger partial charge is 0.0724 e. The maximum Gasteiger partial charge on any atom is 0.0724 e. The van der Waals surface area contributed by atoms with Crippen LogP contribution in [0.4, 0.5) is 0 Å². The zero-order chi connectivity index (χ0) is 15.4. The Kier molecular flexibility index (Phi) is 5.79. The van der Waals surface area contributed by atoms with Crippen LogP contribution in [-0.4, -0.2) is 17.7 Å². The van der Waals surface area contributed by atoms with Crippen LogP contribution in [0.2, 0.25) is 0 Å². The molecule has 0 radical (unpaired) electrons. The van der Waals surface area contributed by atoms with Crippen molar-refractivity contribution in [2.45, 2.75) is 72.1 Å². The maximum absolute atomic E-state index is 5.80. The van der Waals surface area contributed by atoms with E-state index in [0.29, 0.717) is 12.5 Å². The number of benzene rings is 1. The molecule has 0 bridgehead atoms. The lowest BCUT2D eigenvalue weighted by Gasteiger charge is -2.24. The summed E-state index contributed by atoms with van der Waals surface area (Å²) in [6.45, 7) is 16.8. The molecule has 2 nitrogen and oxygen atoms in total. The van der Waals surface area contributed by atoms with Crippen LogP contribution < -0.4 is 5.32 Å². The molecule has 0 amide bonds. The minimum absolute atomic E-state index is 0.0808. The van der Waals surface area contributed by atoms with Gasteiger partial charge in [-0.2, -0.15) is 0 Å². The molecule has 0 saturated carbocycles. The van der Waals surface area contributed by atoms with Gasteiger partial charge in [-0.1, -0.05) is 31.2 Å². The van der Waals surface area contributed by atoms with Crippen LogP contribution in [-0.2, 0) is 11.3 Å². The number of rotatable bonds is 5. The van der Waals surface area contributed by atoms with Crippen molar-refractivity contribution in [1.29, 1.82) is 0 Å². The Balaban J connectivity index is 2.53. The van der Waals surface area contributed by atoms with E-state index in [1.54, 1.807) is 0 Å². The van der Waals surface area contributed by atoms with Crippen molar-refractivity contribution < 1.29 is 4.74 Å². The van der Waals surface area contributed by atoms with Crippen molar-refractivity contribution in [2.75, 3.05) is 6.54 Å². The Labute approximate surface area is 124 Å². The lowest BCUT2D eigenvalue weighted by Crippen LogP contribution is -2.38. The standard InChI is InChI=1S/C18H31NO/c1-14(12-19-17(2,3)4)16-10-8-15(9-11-16)13-20-18(5,6)7/h8-11,14,19H,12-13H2,1-7H3. The maximum atomic E-state index is 5.80. The molecule has 0 aliphatic rings. The van der Waals surface area contributed by atoms with Gasteiger partial charge in [-0.15, -0.1) is 0 Å². The Bertz CT molecular complexity index is 395. The van der Waals surface area contributed by atoms with Crippen molar-refractivity contribution in [1.82, 2.24) is 5.32 Å². The predicted molar refractivity (Wildman–Crippen MR) is 87.2 cm³/mol. The summed E-state index contributed by atoms with van der Waals surface area (Å²) in [7, 11) is 0. The Morgan fingerprint density at radius 3 is 2.00 bits per heavy atom. The summed E-state index contributed by atoms with van der Waals surface area (Å²) in [4.78, 5) is 0. The quantitative estimate of drug-likeness (QED) is 0.856. The van der Waals surface area contributed by atoms with Crippen molar-refractivity contribution in [2.24, 2.45) is 0 Å². The lowest BCUT2D eigenvalue weighted by molar-refractivity contribution is -0.0149. The van der Waals surface area contributed by atoms with E-state index in [2.05, 4.69) is 78.0 Å². The van der Waals surface area contributed by atoms with Gasteiger partial charge in [0.1, 0.15) is 0 Å². The molecule has 0 saturated heterocycles. The van der Waals surface area contributed by atoms with Gasteiger partial charge in [0.05, 0.1) is 12.2 Å². The molecule has 1 N–H and O–H groups in total. The molecular formula is C18H31NO. The summed E-state index contributed by atoms with van der Waals surface area (Å²) in [5.41, 5.74) is 2.71. The number of hydrogen-bond donors (Lipinski definition) is 1. The molecule has 114 valence electrons. The van der Waals surface area contributed by atoms with Crippen LogP contribution in [0.1, 0.15) is 65.5 Å². The Morgan fingerprint density at radius 1 is 1.00 bits per heavy atom. The zero-order valence-electron chi connectivity index (χ0n) is 14.2. The minimum Gasteiger partial charge on any atom is -0.371 e. The molecule has 0 aromatic heterocycles. The number of nitrogens with one attached hydrogen (secondary N) is 1. The van der Waals surface area contributed by atoms with Crippen LogP contribution >= 0.6 is 0 Å². The first-order valence-corrected chi connectivity index (χ1v) is 7.55. The van der Waals surface area contributed by atoms with Gasteiger partial charge in [0, 0.05) is 12.1 Å². The SMILES string of the molecule is CC(CNC(C)(C)C)c1ccc(COC(C)(C)C)cc1. The summed E-state index contributed by atoms with van der Waals surface area (Å²) in [6, 6.07) is 8.79. The van der Waals surface area contributed by atoms with Gasteiger partial charge in [0.25, 0.3) is 0 Å². The van der Waals surface area contributed by atoms with Crippen molar-refractivity contribution >= 4 is 0 Å². The first-order valence-electron chi connectivity index (χ1n) is 7.55. The summed E-state index contributed by atoms with van der Waals surface area (Å²) >= 11 is 0. The molecule has 0 heterocycles. The van der Waals surface area contributed by atoms with Gasteiger partial charge >= 0.3 is 0 Å². The van der Waals surface area contributed by atoms with Crippen LogP contribution in [0.3, 0.4) is 0 Å². The van der Waals surface area contributed by atoms with Crippen molar-refractivity contribution in [3.63, 3.8) is 0 Å². The molecule has 0 aliphatic carbocycles. The third kappa shape index (κ3) is 7.06. The van der Waals surface area contributed by atoms with Gasteiger partial charge in [0.2, 0.25) is 0 Å². The second-order valence-electron chi connectivity index (χ2n) is 7.67. The second kappa shape index (κ2) is 6.73. The molecule has 0 fully saturated rings. The van der Waals surface area contributed by atoms with Crippen molar-refractivity contribution in [3.8, 4) is 0 Å². The first kappa shape index (κ1) is 17.2. The molecule has 1 atom stereocenters. The molecule has 1 aromatic carbocycles. The van der Waals surface area contributed by atoms with Gasteiger partial charge in [0.15, 0.2) is 0 Å². The third-order valence-corrected chi connectivity index (χ3v) is 3.16.